The standard InChI is InChI=1S/C14H13BrFNO/c15-10-5-7-11(8-6-10)18-9-14(17)12-3-1-2-4-13(12)16/h1-8,14H,9,17H2. The summed E-state index contributed by atoms with van der Waals surface area (Å²) in [5.74, 6) is 0.411. The van der Waals surface area contributed by atoms with Crippen LogP contribution in [0.5, 0.6) is 5.75 Å². The van der Waals surface area contributed by atoms with Gasteiger partial charge in [0, 0.05) is 10.0 Å². The minimum absolute atomic E-state index is 0.239. The molecule has 2 aromatic carbocycles. The molecule has 1 unspecified atom stereocenters. The lowest BCUT2D eigenvalue weighted by Gasteiger charge is -2.14. The van der Waals surface area contributed by atoms with E-state index in [-0.39, 0.29) is 12.4 Å². The molecular weight excluding hydrogens is 297 g/mol. The monoisotopic (exact) mass is 309 g/mol. The molecule has 0 saturated heterocycles. The number of ether oxygens (including phenoxy) is 1. The average molecular weight is 310 g/mol. The van der Waals surface area contributed by atoms with Crippen LogP contribution in [-0.4, -0.2) is 6.61 Å². The zero-order chi connectivity index (χ0) is 13.0. The van der Waals surface area contributed by atoms with E-state index in [1.165, 1.54) is 6.07 Å². The Kier molecular flexibility index (Phi) is 4.33. The Morgan fingerprint density at radius 3 is 2.44 bits per heavy atom. The molecule has 94 valence electrons. The van der Waals surface area contributed by atoms with Gasteiger partial charge in [-0.2, -0.15) is 0 Å². The molecule has 2 N–H and O–H groups in total. The van der Waals surface area contributed by atoms with Crippen LogP contribution in [0.2, 0.25) is 0 Å². The summed E-state index contributed by atoms with van der Waals surface area (Å²) in [5, 5.41) is 0. The van der Waals surface area contributed by atoms with Crippen molar-refractivity contribution >= 4 is 15.9 Å². The van der Waals surface area contributed by atoms with E-state index in [9.17, 15) is 4.39 Å². The molecule has 4 heteroatoms. The van der Waals surface area contributed by atoms with Gasteiger partial charge in [-0.15, -0.1) is 0 Å². The molecule has 0 amide bonds. The summed E-state index contributed by atoms with van der Waals surface area (Å²) < 4.78 is 20.0. The van der Waals surface area contributed by atoms with Crippen molar-refractivity contribution in [3.8, 4) is 5.75 Å². The topological polar surface area (TPSA) is 35.2 Å². The minimum Gasteiger partial charge on any atom is -0.492 e. The third kappa shape index (κ3) is 3.31. The minimum atomic E-state index is -0.477. The Morgan fingerprint density at radius 2 is 1.78 bits per heavy atom. The van der Waals surface area contributed by atoms with E-state index in [2.05, 4.69) is 15.9 Å². The molecule has 0 bridgehead atoms. The molecule has 0 radical (unpaired) electrons. The Morgan fingerprint density at radius 1 is 1.11 bits per heavy atom. The lowest BCUT2D eigenvalue weighted by Crippen LogP contribution is -2.20. The van der Waals surface area contributed by atoms with E-state index in [0.717, 1.165) is 4.47 Å². The molecule has 1 atom stereocenters. The van der Waals surface area contributed by atoms with Gasteiger partial charge in [0.1, 0.15) is 18.2 Å². The molecule has 0 aliphatic rings. The average Bonchev–Trinajstić information content (AvgIpc) is 2.38. The van der Waals surface area contributed by atoms with Crippen LogP contribution < -0.4 is 10.5 Å². The number of hydrogen-bond donors (Lipinski definition) is 1. The number of hydrogen-bond acceptors (Lipinski definition) is 2. The van der Waals surface area contributed by atoms with E-state index >= 15 is 0 Å². The van der Waals surface area contributed by atoms with Gasteiger partial charge in [-0.05, 0) is 30.3 Å². The third-order valence-corrected chi connectivity index (χ3v) is 3.08. The van der Waals surface area contributed by atoms with Crippen molar-refractivity contribution in [2.24, 2.45) is 5.73 Å². The van der Waals surface area contributed by atoms with Crippen molar-refractivity contribution < 1.29 is 9.13 Å². The summed E-state index contributed by atoms with van der Waals surface area (Å²) in [6.45, 7) is 0.239. The molecule has 0 fully saturated rings. The molecule has 0 saturated carbocycles. The zero-order valence-electron chi connectivity index (χ0n) is 9.64. The first kappa shape index (κ1) is 13.1. The van der Waals surface area contributed by atoms with Crippen molar-refractivity contribution in [3.63, 3.8) is 0 Å². The van der Waals surface area contributed by atoms with Crippen LogP contribution in [0, 0.1) is 5.82 Å². The lowest BCUT2D eigenvalue weighted by atomic mass is 10.1. The largest absolute Gasteiger partial charge is 0.492 e. The summed E-state index contributed by atoms with van der Waals surface area (Å²) in [7, 11) is 0. The first-order valence-electron chi connectivity index (χ1n) is 5.55. The molecule has 0 aliphatic carbocycles. The maximum Gasteiger partial charge on any atom is 0.128 e. The van der Waals surface area contributed by atoms with Gasteiger partial charge in [-0.3, -0.25) is 0 Å². The maximum atomic E-state index is 13.5. The quantitative estimate of drug-likeness (QED) is 0.935. The highest BCUT2D eigenvalue weighted by Crippen LogP contribution is 2.19. The van der Waals surface area contributed by atoms with Gasteiger partial charge in [0.25, 0.3) is 0 Å². The predicted octanol–water partition coefficient (Wildman–Crippen LogP) is 3.67. The van der Waals surface area contributed by atoms with Crippen LogP contribution >= 0.6 is 15.9 Å². The fourth-order valence-electron chi connectivity index (χ4n) is 1.58. The fraction of sp³-hybridized carbons (Fsp3) is 0.143. The molecule has 0 aromatic heterocycles. The second kappa shape index (κ2) is 5.98. The van der Waals surface area contributed by atoms with Gasteiger partial charge in [-0.25, -0.2) is 4.39 Å². The summed E-state index contributed by atoms with van der Waals surface area (Å²) in [6.07, 6.45) is 0. The molecule has 2 rings (SSSR count). The highest BCUT2D eigenvalue weighted by molar-refractivity contribution is 9.10. The van der Waals surface area contributed by atoms with Crippen LogP contribution in [0.4, 0.5) is 4.39 Å². The van der Waals surface area contributed by atoms with Crippen LogP contribution in [-0.2, 0) is 0 Å². The van der Waals surface area contributed by atoms with Gasteiger partial charge in [0.15, 0.2) is 0 Å². The van der Waals surface area contributed by atoms with Crippen molar-refractivity contribution in [1.82, 2.24) is 0 Å². The third-order valence-electron chi connectivity index (χ3n) is 2.55. The Labute approximate surface area is 114 Å². The Balaban J connectivity index is 1.98. The van der Waals surface area contributed by atoms with E-state index in [1.807, 2.05) is 24.3 Å². The first-order chi connectivity index (χ1) is 8.66. The van der Waals surface area contributed by atoms with Crippen molar-refractivity contribution in [1.29, 1.82) is 0 Å². The summed E-state index contributed by atoms with van der Waals surface area (Å²) in [6, 6.07) is 13.4. The van der Waals surface area contributed by atoms with E-state index in [1.54, 1.807) is 18.2 Å². The molecule has 18 heavy (non-hydrogen) atoms. The van der Waals surface area contributed by atoms with Crippen LogP contribution in [0.3, 0.4) is 0 Å². The van der Waals surface area contributed by atoms with E-state index in [0.29, 0.717) is 11.3 Å². The second-order valence-electron chi connectivity index (χ2n) is 3.89. The zero-order valence-corrected chi connectivity index (χ0v) is 11.2. The highest BCUT2D eigenvalue weighted by atomic mass is 79.9. The molecule has 0 heterocycles. The fourth-order valence-corrected chi connectivity index (χ4v) is 1.85. The van der Waals surface area contributed by atoms with Gasteiger partial charge >= 0.3 is 0 Å². The summed E-state index contributed by atoms with van der Waals surface area (Å²) in [5.41, 5.74) is 6.37. The SMILES string of the molecule is NC(COc1ccc(Br)cc1)c1ccccc1F. The number of rotatable bonds is 4. The summed E-state index contributed by atoms with van der Waals surface area (Å²) in [4.78, 5) is 0. The van der Waals surface area contributed by atoms with Gasteiger partial charge in [0.05, 0.1) is 6.04 Å². The van der Waals surface area contributed by atoms with E-state index in [4.69, 9.17) is 10.5 Å². The number of halogens is 2. The van der Waals surface area contributed by atoms with Crippen molar-refractivity contribution in [3.05, 3.63) is 64.4 Å². The molecule has 0 aliphatic heterocycles. The normalized spacial score (nSPS) is 12.2. The van der Waals surface area contributed by atoms with Crippen molar-refractivity contribution in [2.45, 2.75) is 6.04 Å². The maximum absolute atomic E-state index is 13.5. The Hall–Kier alpha value is -1.39. The smallest absolute Gasteiger partial charge is 0.128 e. The highest BCUT2D eigenvalue weighted by Gasteiger charge is 2.11. The van der Waals surface area contributed by atoms with E-state index < -0.39 is 6.04 Å². The lowest BCUT2D eigenvalue weighted by molar-refractivity contribution is 0.288. The molecule has 2 nitrogen and oxygen atoms in total. The van der Waals surface area contributed by atoms with Crippen LogP contribution in [0.1, 0.15) is 11.6 Å². The van der Waals surface area contributed by atoms with Crippen LogP contribution in [0.25, 0.3) is 0 Å². The van der Waals surface area contributed by atoms with Gasteiger partial charge in [0.2, 0.25) is 0 Å². The first-order valence-corrected chi connectivity index (χ1v) is 6.34. The molecule has 0 spiro atoms. The number of nitrogens with two attached hydrogens (primary N) is 1. The van der Waals surface area contributed by atoms with Gasteiger partial charge in [-0.1, -0.05) is 34.1 Å². The van der Waals surface area contributed by atoms with Crippen molar-refractivity contribution in [2.75, 3.05) is 6.61 Å². The van der Waals surface area contributed by atoms with Crippen LogP contribution in [0.15, 0.2) is 53.0 Å². The Bertz CT molecular complexity index is 515. The summed E-state index contributed by atoms with van der Waals surface area (Å²) >= 11 is 3.34. The predicted molar refractivity (Wildman–Crippen MR) is 73.0 cm³/mol. The molecular formula is C14H13BrFNO. The van der Waals surface area contributed by atoms with Gasteiger partial charge < -0.3 is 10.5 Å². The molecule has 2 aromatic rings. The second-order valence-corrected chi connectivity index (χ2v) is 4.81. The number of benzene rings is 2.